The minimum Gasteiger partial charge on any atom is -0.457 e. The third-order valence-electron chi connectivity index (χ3n) is 3.97. The maximum absolute atomic E-state index is 12.7. The molecular weight excluding hydrogens is 388 g/mol. The number of carbonyl (C=O) groups is 2. The molecule has 0 unspecified atom stereocenters. The van der Waals surface area contributed by atoms with Crippen molar-refractivity contribution in [2.24, 2.45) is 0 Å². The molecule has 0 aromatic heterocycles. The number of anilines is 1. The van der Waals surface area contributed by atoms with Crippen molar-refractivity contribution in [3.05, 3.63) is 88.9 Å². The lowest BCUT2D eigenvalue weighted by Gasteiger charge is -2.15. The van der Waals surface area contributed by atoms with Crippen LogP contribution in [0.25, 0.3) is 0 Å². The highest BCUT2D eigenvalue weighted by molar-refractivity contribution is 6.31. The molecule has 6 heteroatoms. The summed E-state index contributed by atoms with van der Waals surface area (Å²) in [6.45, 7) is 3.74. The number of nitrogens with one attached hydrogen (secondary N) is 2. The highest BCUT2D eigenvalue weighted by atomic mass is 35.5. The molecule has 5 nitrogen and oxygen atoms in total. The first-order valence-electron chi connectivity index (χ1n) is 9.17. The normalized spacial score (nSPS) is 10.5. The molecule has 0 saturated heterocycles. The van der Waals surface area contributed by atoms with Crippen LogP contribution in [0.1, 0.15) is 34.6 Å². The van der Waals surface area contributed by atoms with Crippen LogP contribution in [0.5, 0.6) is 11.5 Å². The summed E-state index contributed by atoms with van der Waals surface area (Å²) < 4.78 is 5.82. The predicted octanol–water partition coefficient (Wildman–Crippen LogP) is 5.52. The Morgan fingerprint density at radius 3 is 2.31 bits per heavy atom. The number of hydrogen-bond acceptors (Lipinski definition) is 3. The molecule has 0 aliphatic rings. The highest BCUT2D eigenvalue weighted by Crippen LogP contribution is 2.27. The van der Waals surface area contributed by atoms with Crippen molar-refractivity contribution in [3.63, 3.8) is 0 Å². The van der Waals surface area contributed by atoms with E-state index in [0.29, 0.717) is 33.3 Å². The average molecular weight is 409 g/mol. The van der Waals surface area contributed by atoms with Crippen molar-refractivity contribution < 1.29 is 14.3 Å². The summed E-state index contributed by atoms with van der Waals surface area (Å²) in [5, 5.41) is 6.09. The number of rotatable bonds is 6. The van der Waals surface area contributed by atoms with Gasteiger partial charge in [-0.25, -0.2) is 0 Å². The summed E-state index contributed by atoms with van der Waals surface area (Å²) >= 11 is 5.97. The van der Waals surface area contributed by atoms with E-state index in [-0.39, 0.29) is 17.9 Å². The molecule has 29 heavy (non-hydrogen) atoms. The Morgan fingerprint density at radius 1 is 0.862 bits per heavy atom. The van der Waals surface area contributed by atoms with E-state index in [9.17, 15) is 9.59 Å². The Bertz CT molecular complexity index is 1020. The second-order valence-corrected chi connectivity index (χ2v) is 7.15. The van der Waals surface area contributed by atoms with Crippen LogP contribution in [0.15, 0.2) is 72.8 Å². The quantitative estimate of drug-likeness (QED) is 0.564. The van der Waals surface area contributed by atoms with Crippen molar-refractivity contribution in [3.8, 4) is 11.5 Å². The summed E-state index contributed by atoms with van der Waals surface area (Å²) in [6, 6.07) is 20.8. The molecule has 3 rings (SSSR count). The fraction of sp³-hybridized carbons (Fsp3) is 0.130. The molecule has 0 aliphatic carbocycles. The Hall–Kier alpha value is -3.31. The van der Waals surface area contributed by atoms with Crippen LogP contribution < -0.4 is 15.4 Å². The number of amides is 2. The van der Waals surface area contributed by atoms with Crippen LogP contribution in [0, 0.1) is 0 Å². The second-order valence-electron chi connectivity index (χ2n) is 6.72. The minimum atomic E-state index is -0.358. The zero-order valence-corrected chi connectivity index (χ0v) is 16.9. The molecule has 0 heterocycles. The molecular formula is C23H21ClN2O3. The molecule has 0 saturated carbocycles. The molecule has 148 valence electrons. The van der Waals surface area contributed by atoms with Crippen LogP contribution in [-0.4, -0.2) is 17.9 Å². The van der Waals surface area contributed by atoms with E-state index in [1.165, 1.54) is 0 Å². The zero-order valence-electron chi connectivity index (χ0n) is 16.1. The van der Waals surface area contributed by atoms with Crippen LogP contribution in [-0.2, 0) is 0 Å². The van der Waals surface area contributed by atoms with Gasteiger partial charge in [0.2, 0.25) is 0 Å². The fourth-order valence-corrected chi connectivity index (χ4v) is 2.86. The van der Waals surface area contributed by atoms with E-state index in [4.69, 9.17) is 16.3 Å². The molecule has 0 aliphatic heterocycles. The van der Waals surface area contributed by atoms with Gasteiger partial charge < -0.3 is 15.4 Å². The van der Waals surface area contributed by atoms with Gasteiger partial charge in [0.15, 0.2) is 0 Å². The summed E-state index contributed by atoms with van der Waals surface area (Å²) in [4.78, 5) is 25.3. The molecule has 0 fully saturated rings. The van der Waals surface area contributed by atoms with Crippen molar-refractivity contribution in [1.82, 2.24) is 5.32 Å². The van der Waals surface area contributed by atoms with Gasteiger partial charge in [0.25, 0.3) is 11.8 Å². The standard InChI is InChI=1S/C23H21ClN2O3/c1-15(2)25-23(28)20-14-19(29-18-9-4-3-5-10-18)11-12-21(20)26-22(27)16-7-6-8-17(24)13-16/h3-15H,1-2H3,(H,25,28)(H,26,27). The molecule has 2 N–H and O–H groups in total. The largest absolute Gasteiger partial charge is 0.457 e. The first kappa shape index (κ1) is 20.4. The van der Waals surface area contributed by atoms with Crippen LogP contribution >= 0.6 is 11.6 Å². The molecule has 0 bridgehead atoms. The molecule has 3 aromatic carbocycles. The summed E-state index contributed by atoms with van der Waals surface area (Å²) in [5.74, 6) is 0.479. The average Bonchev–Trinajstić information content (AvgIpc) is 2.69. The molecule has 3 aromatic rings. The molecule has 0 atom stereocenters. The van der Waals surface area contributed by atoms with Crippen molar-refractivity contribution in [2.45, 2.75) is 19.9 Å². The van der Waals surface area contributed by atoms with Gasteiger partial charge in [0.05, 0.1) is 11.3 Å². The third kappa shape index (κ3) is 5.59. The zero-order chi connectivity index (χ0) is 20.8. The Kier molecular flexibility index (Phi) is 6.52. The van der Waals surface area contributed by atoms with Crippen molar-refractivity contribution in [2.75, 3.05) is 5.32 Å². The van der Waals surface area contributed by atoms with Gasteiger partial charge >= 0.3 is 0 Å². The van der Waals surface area contributed by atoms with Crippen LogP contribution in [0.3, 0.4) is 0 Å². The first-order chi connectivity index (χ1) is 13.9. The lowest BCUT2D eigenvalue weighted by molar-refractivity contribution is 0.0943. The van der Waals surface area contributed by atoms with Gasteiger partial charge in [-0.3, -0.25) is 9.59 Å². The van der Waals surface area contributed by atoms with Crippen molar-refractivity contribution >= 4 is 29.1 Å². The Labute approximate surface area is 174 Å². The number of ether oxygens (including phenoxy) is 1. The number of para-hydroxylation sites is 1. The lowest BCUT2D eigenvalue weighted by Crippen LogP contribution is -2.31. The number of hydrogen-bond donors (Lipinski definition) is 2. The van der Waals surface area contributed by atoms with Gasteiger partial charge in [-0.05, 0) is 62.4 Å². The van der Waals surface area contributed by atoms with Gasteiger partial charge in [-0.1, -0.05) is 35.9 Å². The minimum absolute atomic E-state index is 0.0577. The van der Waals surface area contributed by atoms with E-state index < -0.39 is 0 Å². The van der Waals surface area contributed by atoms with E-state index in [2.05, 4.69) is 10.6 Å². The third-order valence-corrected chi connectivity index (χ3v) is 4.20. The molecule has 0 radical (unpaired) electrons. The van der Waals surface area contributed by atoms with E-state index in [0.717, 1.165) is 0 Å². The number of carbonyl (C=O) groups excluding carboxylic acids is 2. The van der Waals surface area contributed by atoms with E-state index >= 15 is 0 Å². The second kappa shape index (κ2) is 9.26. The van der Waals surface area contributed by atoms with Crippen molar-refractivity contribution in [1.29, 1.82) is 0 Å². The van der Waals surface area contributed by atoms with Gasteiger partial charge in [0.1, 0.15) is 11.5 Å². The summed E-state index contributed by atoms with van der Waals surface area (Å²) in [5.41, 5.74) is 1.09. The fourth-order valence-electron chi connectivity index (χ4n) is 2.67. The summed E-state index contributed by atoms with van der Waals surface area (Å²) in [7, 11) is 0. The van der Waals surface area contributed by atoms with Crippen LogP contribution in [0.2, 0.25) is 5.02 Å². The number of benzene rings is 3. The topological polar surface area (TPSA) is 67.4 Å². The highest BCUT2D eigenvalue weighted by Gasteiger charge is 2.17. The summed E-state index contributed by atoms with van der Waals surface area (Å²) in [6.07, 6.45) is 0. The SMILES string of the molecule is CC(C)NC(=O)c1cc(Oc2ccccc2)ccc1NC(=O)c1cccc(Cl)c1. The molecule has 0 spiro atoms. The monoisotopic (exact) mass is 408 g/mol. The first-order valence-corrected chi connectivity index (χ1v) is 9.55. The van der Waals surface area contributed by atoms with E-state index in [1.54, 1.807) is 42.5 Å². The predicted molar refractivity (Wildman–Crippen MR) is 115 cm³/mol. The molecule has 2 amide bonds. The van der Waals surface area contributed by atoms with Crippen LogP contribution in [0.4, 0.5) is 5.69 Å². The number of halogens is 1. The maximum Gasteiger partial charge on any atom is 0.255 e. The Balaban J connectivity index is 1.90. The Morgan fingerprint density at radius 2 is 1.62 bits per heavy atom. The van der Waals surface area contributed by atoms with Gasteiger partial charge in [0, 0.05) is 16.6 Å². The van der Waals surface area contributed by atoms with E-state index in [1.807, 2.05) is 44.2 Å². The van der Waals surface area contributed by atoms with Gasteiger partial charge in [-0.2, -0.15) is 0 Å². The smallest absolute Gasteiger partial charge is 0.255 e. The maximum atomic E-state index is 12.7. The lowest BCUT2D eigenvalue weighted by atomic mass is 10.1. The van der Waals surface area contributed by atoms with Gasteiger partial charge in [-0.15, -0.1) is 0 Å².